The second-order valence-corrected chi connectivity index (χ2v) is 9.35. The predicted octanol–water partition coefficient (Wildman–Crippen LogP) is 3.64. The zero-order valence-corrected chi connectivity index (χ0v) is 16.5. The van der Waals surface area contributed by atoms with Crippen LogP contribution in [0.25, 0.3) is 0 Å². The van der Waals surface area contributed by atoms with Crippen molar-refractivity contribution in [2.45, 2.75) is 58.2 Å². The number of thiazole rings is 1. The van der Waals surface area contributed by atoms with E-state index in [-0.39, 0.29) is 10.2 Å². The van der Waals surface area contributed by atoms with Crippen molar-refractivity contribution in [1.29, 1.82) is 0 Å². The SMILES string of the molecule is CCNC(=NCc1nc(C(C)(C)C)cs1)NCC(C)(C)SC. The second-order valence-electron chi connectivity index (χ2n) is 6.89. The summed E-state index contributed by atoms with van der Waals surface area (Å²) in [6.07, 6.45) is 2.13. The molecular formula is C16H30N4S2. The van der Waals surface area contributed by atoms with E-state index in [0.717, 1.165) is 29.8 Å². The fraction of sp³-hybridized carbons (Fsp3) is 0.750. The molecule has 0 atom stereocenters. The van der Waals surface area contributed by atoms with Crippen LogP contribution >= 0.6 is 23.1 Å². The average molecular weight is 343 g/mol. The number of nitrogens with one attached hydrogen (secondary N) is 2. The maximum Gasteiger partial charge on any atom is 0.191 e. The lowest BCUT2D eigenvalue weighted by Gasteiger charge is -2.23. The van der Waals surface area contributed by atoms with Crippen molar-refractivity contribution >= 4 is 29.1 Å². The molecule has 0 saturated carbocycles. The summed E-state index contributed by atoms with van der Waals surface area (Å²) in [6.45, 7) is 15.5. The molecule has 0 spiro atoms. The molecule has 0 aromatic carbocycles. The quantitative estimate of drug-likeness (QED) is 0.612. The summed E-state index contributed by atoms with van der Waals surface area (Å²) in [5.41, 5.74) is 1.24. The Morgan fingerprint density at radius 1 is 1.27 bits per heavy atom. The van der Waals surface area contributed by atoms with E-state index in [0.29, 0.717) is 6.54 Å². The zero-order chi connectivity index (χ0) is 16.8. The highest BCUT2D eigenvalue weighted by Gasteiger charge is 2.18. The molecule has 0 bridgehead atoms. The van der Waals surface area contributed by atoms with Gasteiger partial charge in [-0.2, -0.15) is 11.8 Å². The number of rotatable bonds is 6. The Kier molecular flexibility index (Phi) is 7.19. The van der Waals surface area contributed by atoms with E-state index in [1.807, 2.05) is 11.8 Å². The maximum absolute atomic E-state index is 4.69. The van der Waals surface area contributed by atoms with Crippen molar-refractivity contribution < 1.29 is 0 Å². The summed E-state index contributed by atoms with van der Waals surface area (Å²) >= 11 is 3.54. The number of nitrogens with zero attached hydrogens (tertiary/aromatic N) is 2. The first kappa shape index (κ1) is 19.3. The van der Waals surface area contributed by atoms with Gasteiger partial charge in [0.1, 0.15) is 5.01 Å². The molecule has 0 aliphatic rings. The summed E-state index contributed by atoms with van der Waals surface area (Å²) in [5.74, 6) is 0.858. The van der Waals surface area contributed by atoms with Crippen LogP contribution in [0.2, 0.25) is 0 Å². The molecule has 0 unspecified atom stereocenters. The molecule has 126 valence electrons. The van der Waals surface area contributed by atoms with Gasteiger partial charge in [0, 0.05) is 28.6 Å². The predicted molar refractivity (Wildman–Crippen MR) is 101 cm³/mol. The topological polar surface area (TPSA) is 49.3 Å². The third kappa shape index (κ3) is 6.57. The van der Waals surface area contributed by atoms with Gasteiger partial charge in [0.15, 0.2) is 5.96 Å². The molecule has 4 nitrogen and oxygen atoms in total. The van der Waals surface area contributed by atoms with Crippen LogP contribution in [0, 0.1) is 0 Å². The van der Waals surface area contributed by atoms with Crippen LogP contribution < -0.4 is 10.6 Å². The smallest absolute Gasteiger partial charge is 0.191 e. The summed E-state index contributed by atoms with van der Waals surface area (Å²) in [4.78, 5) is 9.34. The Hall–Kier alpha value is -0.750. The molecule has 1 aromatic heterocycles. The van der Waals surface area contributed by atoms with Gasteiger partial charge in [0.25, 0.3) is 0 Å². The van der Waals surface area contributed by atoms with E-state index in [1.165, 1.54) is 0 Å². The molecule has 22 heavy (non-hydrogen) atoms. The fourth-order valence-corrected chi connectivity index (χ4v) is 2.75. The largest absolute Gasteiger partial charge is 0.357 e. The Labute approximate surface area is 143 Å². The first-order valence-electron chi connectivity index (χ1n) is 7.70. The Morgan fingerprint density at radius 3 is 2.45 bits per heavy atom. The number of hydrogen-bond acceptors (Lipinski definition) is 4. The molecule has 0 amide bonds. The molecular weight excluding hydrogens is 312 g/mol. The van der Waals surface area contributed by atoms with Gasteiger partial charge in [-0.1, -0.05) is 20.8 Å². The molecule has 1 aromatic rings. The van der Waals surface area contributed by atoms with E-state index in [9.17, 15) is 0 Å². The molecule has 0 aliphatic heterocycles. The third-order valence-electron chi connectivity index (χ3n) is 3.27. The first-order chi connectivity index (χ1) is 10.2. The second kappa shape index (κ2) is 8.20. The van der Waals surface area contributed by atoms with Gasteiger partial charge in [-0.05, 0) is 27.0 Å². The Morgan fingerprint density at radius 2 is 1.95 bits per heavy atom. The van der Waals surface area contributed by atoms with Crippen LogP contribution in [0.1, 0.15) is 52.2 Å². The Balaban J connectivity index is 2.67. The average Bonchev–Trinajstić information content (AvgIpc) is 2.91. The molecule has 1 rings (SSSR count). The van der Waals surface area contributed by atoms with Crippen LogP contribution in [0.15, 0.2) is 10.4 Å². The zero-order valence-electron chi connectivity index (χ0n) is 14.9. The van der Waals surface area contributed by atoms with Gasteiger partial charge in [-0.25, -0.2) is 9.98 Å². The monoisotopic (exact) mass is 342 g/mol. The molecule has 0 aliphatic carbocycles. The van der Waals surface area contributed by atoms with Crippen LogP contribution in [-0.4, -0.2) is 35.0 Å². The van der Waals surface area contributed by atoms with Gasteiger partial charge in [0.2, 0.25) is 0 Å². The number of aliphatic imine (C=N–C) groups is 1. The normalized spacial score (nSPS) is 13.3. The van der Waals surface area contributed by atoms with Crippen molar-refractivity contribution in [3.05, 3.63) is 16.1 Å². The summed E-state index contributed by atoms with van der Waals surface area (Å²) in [5, 5.41) is 9.91. The van der Waals surface area contributed by atoms with E-state index < -0.39 is 0 Å². The molecule has 1 heterocycles. The standard InChI is InChI=1S/C16H30N4S2/c1-8-17-14(19-11-16(5,6)21-7)18-9-13-20-12(10-22-13)15(2,3)4/h10H,8-9,11H2,1-7H3,(H2,17,18,19). The third-order valence-corrected chi connectivity index (χ3v) is 5.35. The summed E-state index contributed by atoms with van der Waals surface area (Å²) in [7, 11) is 0. The lowest BCUT2D eigenvalue weighted by atomic mass is 9.93. The van der Waals surface area contributed by atoms with Crippen LogP contribution in [0.4, 0.5) is 0 Å². The highest BCUT2D eigenvalue weighted by Crippen LogP contribution is 2.24. The van der Waals surface area contributed by atoms with Crippen LogP contribution in [-0.2, 0) is 12.0 Å². The lowest BCUT2D eigenvalue weighted by molar-refractivity contribution is 0.571. The minimum atomic E-state index is 0.101. The van der Waals surface area contributed by atoms with E-state index >= 15 is 0 Å². The summed E-state index contributed by atoms with van der Waals surface area (Å²) < 4.78 is 0.191. The summed E-state index contributed by atoms with van der Waals surface area (Å²) in [6, 6.07) is 0. The van der Waals surface area contributed by atoms with Crippen molar-refractivity contribution in [3.63, 3.8) is 0 Å². The van der Waals surface area contributed by atoms with Crippen molar-refractivity contribution in [1.82, 2.24) is 15.6 Å². The molecule has 0 fully saturated rings. The first-order valence-corrected chi connectivity index (χ1v) is 9.80. The van der Waals surface area contributed by atoms with Gasteiger partial charge >= 0.3 is 0 Å². The maximum atomic E-state index is 4.69. The van der Waals surface area contributed by atoms with Crippen molar-refractivity contribution in [2.24, 2.45) is 4.99 Å². The van der Waals surface area contributed by atoms with E-state index in [2.05, 4.69) is 68.8 Å². The minimum absolute atomic E-state index is 0.101. The van der Waals surface area contributed by atoms with E-state index in [1.54, 1.807) is 11.3 Å². The Bertz CT molecular complexity index is 487. The number of hydrogen-bond donors (Lipinski definition) is 2. The number of aromatic nitrogens is 1. The van der Waals surface area contributed by atoms with Gasteiger partial charge < -0.3 is 10.6 Å². The highest BCUT2D eigenvalue weighted by molar-refractivity contribution is 7.99. The van der Waals surface area contributed by atoms with Gasteiger partial charge in [-0.3, -0.25) is 0 Å². The van der Waals surface area contributed by atoms with Gasteiger partial charge in [0.05, 0.1) is 12.2 Å². The van der Waals surface area contributed by atoms with E-state index in [4.69, 9.17) is 4.98 Å². The molecule has 0 radical (unpaired) electrons. The molecule has 6 heteroatoms. The number of guanidine groups is 1. The van der Waals surface area contributed by atoms with Crippen LogP contribution in [0.3, 0.4) is 0 Å². The van der Waals surface area contributed by atoms with Crippen molar-refractivity contribution in [2.75, 3.05) is 19.3 Å². The number of thioether (sulfide) groups is 1. The molecule has 0 saturated heterocycles. The van der Waals surface area contributed by atoms with Crippen molar-refractivity contribution in [3.8, 4) is 0 Å². The van der Waals surface area contributed by atoms with Crippen LogP contribution in [0.5, 0.6) is 0 Å². The highest BCUT2D eigenvalue weighted by atomic mass is 32.2. The van der Waals surface area contributed by atoms with Gasteiger partial charge in [-0.15, -0.1) is 11.3 Å². The minimum Gasteiger partial charge on any atom is -0.357 e. The lowest BCUT2D eigenvalue weighted by Crippen LogP contribution is -2.43. The fourth-order valence-electron chi connectivity index (χ4n) is 1.59. The molecule has 2 N–H and O–H groups in total.